The van der Waals surface area contributed by atoms with Gasteiger partial charge >= 0.3 is 0 Å². The van der Waals surface area contributed by atoms with Gasteiger partial charge in [0.05, 0.1) is 5.60 Å². The number of aryl methyl sites for hydroxylation is 1. The van der Waals surface area contributed by atoms with Crippen LogP contribution in [0.4, 0.5) is 0 Å². The number of hydrogen-bond acceptors (Lipinski definition) is 3. The lowest BCUT2D eigenvalue weighted by molar-refractivity contribution is -0.0388. The maximum absolute atomic E-state index is 10.9. The summed E-state index contributed by atoms with van der Waals surface area (Å²) in [7, 11) is 0. The van der Waals surface area contributed by atoms with Gasteiger partial charge in [-0.2, -0.15) is 0 Å². The smallest absolute Gasteiger partial charge is 0.0778 e. The minimum atomic E-state index is -0.517. The molecule has 3 heteroatoms. The van der Waals surface area contributed by atoms with E-state index in [-0.39, 0.29) is 0 Å². The second-order valence-electron chi connectivity index (χ2n) is 6.10. The van der Waals surface area contributed by atoms with Crippen molar-refractivity contribution in [2.45, 2.75) is 37.8 Å². The summed E-state index contributed by atoms with van der Waals surface area (Å²) in [5, 5.41) is 13.0. The zero-order chi connectivity index (χ0) is 14.5. The molecule has 1 aromatic heterocycles. The molecule has 1 fully saturated rings. The van der Waals surface area contributed by atoms with Crippen LogP contribution in [-0.4, -0.2) is 28.7 Å². The number of rotatable bonds is 5. The van der Waals surface area contributed by atoms with Crippen molar-refractivity contribution >= 4 is 11.3 Å². The first-order chi connectivity index (χ1) is 10.2. The highest BCUT2D eigenvalue weighted by Gasteiger charge is 2.32. The highest BCUT2D eigenvalue weighted by atomic mass is 32.1. The summed E-state index contributed by atoms with van der Waals surface area (Å²) < 4.78 is 0. The quantitative estimate of drug-likeness (QED) is 0.910. The average Bonchev–Trinajstić information content (AvgIpc) is 3.00. The minimum absolute atomic E-state index is 0.517. The number of thiophene rings is 1. The van der Waals surface area contributed by atoms with E-state index in [1.165, 1.54) is 10.4 Å². The normalized spacial score (nSPS) is 23.3. The van der Waals surface area contributed by atoms with Crippen molar-refractivity contribution in [1.29, 1.82) is 0 Å². The number of β-amino-alcohol motifs (C(OH)–C–C–N with tert-alkyl or cyclic N) is 1. The molecule has 21 heavy (non-hydrogen) atoms. The highest BCUT2D eigenvalue weighted by molar-refractivity contribution is 7.09. The highest BCUT2D eigenvalue weighted by Crippen LogP contribution is 2.27. The van der Waals surface area contributed by atoms with E-state index >= 15 is 0 Å². The molecule has 0 bridgehead atoms. The second kappa shape index (κ2) is 6.73. The fourth-order valence-electron chi connectivity index (χ4n) is 3.20. The summed E-state index contributed by atoms with van der Waals surface area (Å²) in [6.45, 7) is 2.84. The predicted molar refractivity (Wildman–Crippen MR) is 88.5 cm³/mol. The molecule has 1 unspecified atom stereocenters. The molecule has 1 saturated heterocycles. The Balaban J connectivity index is 1.56. The van der Waals surface area contributed by atoms with Gasteiger partial charge in [-0.1, -0.05) is 36.4 Å². The van der Waals surface area contributed by atoms with Gasteiger partial charge in [-0.25, -0.2) is 0 Å². The summed E-state index contributed by atoms with van der Waals surface area (Å²) in [5.41, 5.74) is 0.816. The molecule has 1 aliphatic heterocycles. The van der Waals surface area contributed by atoms with Gasteiger partial charge in [0.25, 0.3) is 0 Å². The van der Waals surface area contributed by atoms with E-state index in [2.05, 4.69) is 52.7 Å². The van der Waals surface area contributed by atoms with Gasteiger partial charge in [-0.15, -0.1) is 11.3 Å². The number of nitrogens with zero attached hydrogens (tertiary/aromatic N) is 1. The molecule has 1 aliphatic rings. The number of hydrogen-bond donors (Lipinski definition) is 1. The second-order valence-corrected chi connectivity index (χ2v) is 7.14. The van der Waals surface area contributed by atoms with Gasteiger partial charge in [0, 0.05) is 18.0 Å². The number of benzene rings is 1. The van der Waals surface area contributed by atoms with Gasteiger partial charge in [-0.3, -0.25) is 4.90 Å². The third-order valence-corrected chi connectivity index (χ3v) is 5.24. The molecule has 1 N–H and O–H groups in total. The first kappa shape index (κ1) is 14.8. The van der Waals surface area contributed by atoms with Crippen LogP contribution in [-0.2, 0) is 13.0 Å². The molecular weight excluding hydrogens is 278 g/mol. The lowest BCUT2D eigenvalue weighted by Gasteiger charge is -2.39. The van der Waals surface area contributed by atoms with Crippen molar-refractivity contribution in [2.24, 2.45) is 0 Å². The minimum Gasteiger partial charge on any atom is -0.389 e. The Hall–Kier alpha value is -1.16. The summed E-state index contributed by atoms with van der Waals surface area (Å²) in [4.78, 5) is 3.77. The van der Waals surface area contributed by atoms with Crippen molar-refractivity contribution in [1.82, 2.24) is 4.90 Å². The fourth-order valence-corrected chi connectivity index (χ4v) is 3.91. The zero-order valence-corrected chi connectivity index (χ0v) is 13.2. The van der Waals surface area contributed by atoms with Crippen LogP contribution >= 0.6 is 11.3 Å². The van der Waals surface area contributed by atoms with E-state index in [1.54, 1.807) is 11.3 Å². The third-order valence-electron chi connectivity index (χ3n) is 4.30. The van der Waals surface area contributed by atoms with E-state index in [9.17, 15) is 5.11 Å². The largest absolute Gasteiger partial charge is 0.389 e. The van der Waals surface area contributed by atoms with Crippen LogP contribution in [0, 0.1) is 0 Å². The monoisotopic (exact) mass is 301 g/mol. The Morgan fingerprint density at radius 3 is 2.76 bits per heavy atom. The molecule has 0 aliphatic carbocycles. The Morgan fingerprint density at radius 1 is 1.14 bits per heavy atom. The molecular formula is C18H23NOS. The van der Waals surface area contributed by atoms with Crippen molar-refractivity contribution in [3.8, 4) is 0 Å². The molecule has 1 atom stereocenters. The number of aliphatic hydroxyl groups is 1. The van der Waals surface area contributed by atoms with Crippen molar-refractivity contribution in [3.05, 3.63) is 58.3 Å². The standard InChI is InChI=1S/C18H23NOS/c20-18(11-9-17-8-4-13-21-17)10-5-12-19(15-18)14-16-6-2-1-3-7-16/h1-4,6-8,13,20H,5,9-12,14-15H2. The van der Waals surface area contributed by atoms with E-state index in [0.29, 0.717) is 0 Å². The van der Waals surface area contributed by atoms with Gasteiger partial charge in [0.2, 0.25) is 0 Å². The van der Waals surface area contributed by atoms with Gasteiger partial charge in [0.1, 0.15) is 0 Å². The van der Waals surface area contributed by atoms with Crippen molar-refractivity contribution < 1.29 is 5.11 Å². The molecule has 0 saturated carbocycles. The first-order valence-corrected chi connectivity index (χ1v) is 8.63. The van der Waals surface area contributed by atoms with Crippen LogP contribution in [0.2, 0.25) is 0 Å². The van der Waals surface area contributed by atoms with E-state index in [4.69, 9.17) is 0 Å². The molecule has 0 spiro atoms. The topological polar surface area (TPSA) is 23.5 Å². The molecule has 1 aromatic carbocycles. The van der Waals surface area contributed by atoms with Gasteiger partial charge in [0.15, 0.2) is 0 Å². The molecule has 0 amide bonds. The lowest BCUT2D eigenvalue weighted by atomic mass is 9.88. The Labute approximate surface area is 131 Å². The molecule has 0 radical (unpaired) electrons. The maximum Gasteiger partial charge on any atom is 0.0778 e. The van der Waals surface area contributed by atoms with Crippen molar-refractivity contribution in [3.63, 3.8) is 0 Å². The average molecular weight is 301 g/mol. The summed E-state index contributed by atoms with van der Waals surface area (Å²) in [6.07, 6.45) is 3.89. The van der Waals surface area contributed by atoms with E-state index in [1.807, 2.05) is 0 Å². The number of piperidine rings is 1. The fraction of sp³-hybridized carbons (Fsp3) is 0.444. The van der Waals surface area contributed by atoms with Crippen molar-refractivity contribution in [2.75, 3.05) is 13.1 Å². The van der Waals surface area contributed by atoms with Crippen LogP contribution in [0.3, 0.4) is 0 Å². The number of likely N-dealkylation sites (tertiary alicyclic amines) is 1. The van der Waals surface area contributed by atoms with Crippen LogP contribution in [0.15, 0.2) is 47.8 Å². The van der Waals surface area contributed by atoms with Gasteiger partial charge in [-0.05, 0) is 49.2 Å². The van der Waals surface area contributed by atoms with Crippen LogP contribution in [0.5, 0.6) is 0 Å². The van der Waals surface area contributed by atoms with Gasteiger partial charge < -0.3 is 5.11 Å². The maximum atomic E-state index is 10.9. The van der Waals surface area contributed by atoms with Crippen LogP contribution < -0.4 is 0 Å². The SMILES string of the molecule is OC1(CCc2cccs2)CCCN(Cc2ccccc2)C1. The van der Waals surface area contributed by atoms with E-state index < -0.39 is 5.60 Å². The molecule has 2 heterocycles. The Kier molecular flexibility index (Phi) is 4.73. The van der Waals surface area contributed by atoms with E-state index in [0.717, 1.165) is 45.3 Å². The lowest BCUT2D eigenvalue weighted by Crippen LogP contribution is -2.47. The first-order valence-electron chi connectivity index (χ1n) is 7.75. The Bertz CT molecular complexity index is 540. The van der Waals surface area contributed by atoms with Crippen LogP contribution in [0.25, 0.3) is 0 Å². The predicted octanol–water partition coefficient (Wildman–Crippen LogP) is 3.71. The molecule has 2 aromatic rings. The molecule has 112 valence electrons. The summed E-state index contributed by atoms with van der Waals surface area (Å²) >= 11 is 1.79. The Morgan fingerprint density at radius 2 is 2.00 bits per heavy atom. The van der Waals surface area contributed by atoms with Crippen LogP contribution in [0.1, 0.15) is 29.7 Å². The summed E-state index contributed by atoms with van der Waals surface area (Å²) in [5.74, 6) is 0. The third kappa shape index (κ3) is 4.16. The summed E-state index contributed by atoms with van der Waals surface area (Å²) in [6, 6.07) is 14.8. The zero-order valence-electron chi connectivity index (χ0n) is 12.4. The molecule has 3 rings (SSSR count). The molecule has 2 nitrogen and oxygen atoms in total.